The van der Waals surface area contributed by atoms with Gasteiger partial charge in [-0.15, -0.1) is 12.4 Å². The molecule has 1 unspecified atom stereocenters. The van der Waals surface area contributed by atoms with Crippen molar-refractivity contribution in [3.05, 3.63) is 53.0 Å². The second-order valence-electron chi connectivity index (χ2n) is 6.30. The number of carbonyl (C=O) groups excluding carboxylic acids is 1. The summed E-state index contributed by atoms with van der Waals surface area (Å²) in [4.78, 5) is 11.4. The van der Waals surface area contributed by atoms with E-state index < -0.39 is 22.0 Å². The van der Waals surface area contributed by atoms with E-state index in [9.17, 15) is 13.2 Å². The van der Waals surface area contributed by atoms with Crippen molar-refractivity contribution in [3.63, 3.8) is 0 Å². The summed E-state index contributed by atoms with van der Waals surface area (Å²) >= 11 is 0. The molecule has 3 N–H and O–H groups in total. The fourth-order valence-electron chi connectivity index (χ4n) is 2.46. The molecule has 1 aromatic carbocycles. The van der Waals surface area contributed by atoms with E-state index in [4.69, 9.17) is 10.2 Å². The van der Waals surface area contributed by atoms with E-state index in [0.717, 1.165) is 11.6 Å². The zero-order chi connectivity index (χ0) is 19.5. The number of methoxy groups -OCH3 is 1. The molecular weight excluding hydrogens is 392 g/mol. The quantitative estimate of drug-likeness (QED) is 0.671. The van der Waals surface area contributed by atoms with Crippen LogP contribution in [0.2, 0.25) is 0 Å². The first kappa shape index (κ1) is 23.2. The molecule has 150 valence electrons. The van der Waals surface area contributed by atoms with Crippen LogP contribution in [0.25, 0.3) is 0 Å². The van der Waals surface area contributed by atoms with Crippen molar-refractivity contribution in [2.45, 2.75) is 37.6 Å². The summed E-state index contributed by atoms with van der Waals surface area (Å²) in [5, 5.41) is 0. The summed E-state index contributed by atoms with van der Waals surface area (Å²) in [7, 11) is -2.68. The average molecular weight is 417 g/mol. The fourth-order valence-corrected chi connectivity index (χ4v) is 3.69. The third-order valence-corrected chi connectivity index (χ3v) is 5.60. The van der Waals surface area contributed by atoms with Crippen LogP contribution in [0.3, 0.4) is 0 Å². The molecule has 0 amide bonds. The lowest BCUT2D eigenvalue weighted by Crippen LogP contribution is -2.32. The van der Waals surface area contributed by atoms with Gasteiger partial charge in [0.15, 0.2) is 0 Å². The fraction of sp³-hybridized carbons (Fsp3) is 0.389. The zero-order valence-corrected chi connectivity index (χ0v) is 17.3. The molecule has 1 heterocycles. The largest absolute Gasteiger partial charge is 0.463 e. The van der Waals surface area contributed by atoms with Crippen molar-refractivity contribution < 1.29 is 22.4 Å². The molecule has 0 fully saturated rings. The Balaban J connectivity index is 0.00000364. The molecule has 7 nitrogen and oxygen atoms in total. The topological polar surface area (TPSA) is 112 Å². The van der Waals surface area contributed by atoms with Gasteiger partial charge in [0, 0.05) is 18.7 Å². The summed E-state index contributed by atoms with van der Waals surface area (Å²) in [5.41, 5.74) is 8.11. The van der Waals surface area contributed by atoms with Gasteiger partial charge >= 0.3 is 5.97 Å². The summed E-state index contributed by atoms with van der Waals surface area (Å²) in [6.45, 7) is 5.67. The number of furan rings is 1. The van der Waals surface area contributed by atoms with Gasteiger partial charge in [-0.3, -0.25) is 0 Å². The van der Waals surface area contributed by atoms with Crippen molar-refractivity contribution >= 4 is 28.4 Å². The normalized spacial score (nSPS) is 12.5. The molecule has 0 radical (unpaired) electrons. The molecule has 0 spiro atoms. The molecule has 2 aromatic rings. The SMILES string of the molecule is COC(=O)c1cc(S(=O)(=O)NCC(N)c2ccc(C(C)C)cc2)c(C)o1.Cl. The van der Waals surface area contributed by atoms with Gasteiger partial charge in [0.1, 0.15) is 10.7 Å². The maximum Gasteiger partial charge on any atom is 0.373 e. The minimum atomic E-state index is -3.87. The van der Waals surface area contributed by atoms with Crippen LogP contribution < -0.4 is 10.5 Å². The van der Waals surface area contributed by atoms with Crippen LogP contribution in [0.4, 0.5) is 0 Å². The number of nitrogens with two attached hydrogens (primary N) is 1. The molecule has 27 heavy (non-hydrogen) atoms. The minimum Gasteiger partial charge on any atom is -0.463 e. The standard InChI is InChI=1S/C18H24N2O5S.ClH/c1-11(2)13-5-7-14(8-6-13)15(19)10-20-26(22,23)17-9-16(18(21)24-4)25-12(17)3;/h5-9,11,15,20H,10,19H2,1-4H3;1H. The number of hydrogen-bond acceptors (Lipinski definition) is 6. The van der Waals surface area contributed by atoms with Crippen molar-refractivity contribution in [3.8, 4) is 0 Å². The first-order valence-electron chi connectivity index (χ1n) is 8.19. The van der Waals surface area contributed by atoms with Gasteiger partial charge in [-0.05, 0) is 24.0 Å². The van der Waals surface area contributed by atoms with Crippen LogP contribution in [-0.4, -0.2) is 28.0 Å². The summed E-state index contributed by atoms with van der Waals surface area (Å²) in [6, 6.07) is 8.40. The molecule has 0 bridgehead atoms. The maximum absolute atomic E-state index is 12.5. The minimum absolute atomic E-state index is 0. The highest BCUT2D eigenvalue weighted by Gasteiger charge is 2.25. The summed E-state index contributed by atoms with van der Waals surface area (Å²) < 4.78 is 37.1. The van der Waals surface area contributed by atoms with Crippen molar-refractivity contribution in [1.29, 1.82) is 0 Å². The van der Waals surface area contributed by atoms with Gasteiger partial charge in [-0.2, -0.15) is 0 Å². The van der Waals surface area contributed by atoms with Gasteiger partial charge in [0.05, 0.1) is 7.11 Å². The Morgan fingerprint density at radius 1 is 1.22 bits per heavy atom. The average Bonchev–Trinajstić information content (AvgIpc) is 3.01. The Bertz CT molecular complexity index is 876. The molecule has 9 heteroatoms. The van der Waals surface area contributed by atoms with Gasteiger partial charge in [0.25, 0.3) is 0 Å². The number of carbonyl (C=O) groups is 1. The highest BCUT2D eigenvalue weighted by molar-refractivity contribution is 7.89. The molecule has 0 saturated heterocycles. The first-order chi connectivity index (χ1) is 12.2. The number of hydrogen-bond donors (Lipinski definition) is 2. The second-order valence-corrected chi connectivity index (χ2v) is 8.04. The Morgan fingerprint density at radius 2 is 1.78 bits per heavy atom. The van der Waals surface area contributed by atoms with E-state index in [-0.39, 0.29) is 35.4 Å². The highest BCUT2D eigenvalue weighted by atomic mass is 35.5. The van der Waals surface area contributed by atoms with Gasteiger partial charge in [-0.1, -0.05) is 38.1 Å². The summed E-state index contributed by atoms with van der Waals surface area (Å²) in [5.74, 6) is -0.393. The van der Waals surface area contributed by atoms with Crippen LogP contribution >= 0.6 is 12.4 Å². The van der Waals surface area contributed by atoms with Crippen molar-refractivity contribution in [2.75, 3.05) is 13.7 Å². The van der Waals surface area contributed by atoms with Crippen LogP contribution in [0.1, 0.15) is 53.2 Å². The lowest BCUT2D eigenvalue weighted by atomic mass is 9.99. The number of ether oxygens (including phenoxy) is 1. The molecule has 1 aromatic heterocycles. The Kier molecular flexibility index (Phi) is 8.04. The number of esters is 1. The predicted octanol–water partition coefficient (Wildman–Crippen LogP) is 2.90. The van der Waals surface area contributed by atoms with E-state index in [2.05, 4.69) is 23.3 Å². The van der Waals surface area contributed by atoms with E-state index in [1.165, 1.54) is 19.6 Å². The second kappa shape index (κ2) is 9.36. The Labute approximate surface area is 165 Å². The number of rotatable bonds is 7. The third kappa shape index (κ3) is 5.55. The number of aryl methyl sites for hydroxylation is 1. The van der Waals surface area contributed by atoms with E-state index >= 15 is 0 Å². The van der Waals surface area contributed by atoms with Gasteiger partial charge in [0.2, 0.25) is 15.8 Å². The van der Waals surface area contributed by atoms with Crippen LogP contribution in [0.5, 0.6) is 0 Å². The van der Waals surface area contributed by atoms with Crippen molar-refractivity contribution in [1.82, 2.24) is 4.72 Å². The Morgan fingerprint density at radius 3 is 2.30 bits per heavy atom. The molecule has 2 rings (SSSR count). The van der Waals surface area contributed by atoms with Crippen LogP contribution in [0, 0.1) is 6.92 Å². The lowest BCUT2D eigenvalue weighted by molar-refractivity contribution is 0.0563. The third-order valence-electron chi connectivity index (χ3n) is 4.07. The number of sulfonamides is 1. The van der Waals surface area contributed by atoms with Gasteiger partial charge in [-0.25, -0.2) is 17.9 Å². The van der Waals surface area contributed by atoms with E-state index in [0.29, 0.717) is 5.92 Å². The summed E-state index contributed by atoms with van der Waals surface area (Å²) in [6.07, 6.45) is 0. The molecule has 0 saturated carbocycles. The molecular formula is C18H25ClN2O5S. The number of nitrogens with one attached hydrogen (secondary N) is 1. The van der Waals surface area contributed by atoms with Crippen LogP contribution in [-0.2, 0) is 14.8 Å². The van der Waals surface area contributed by atoms with E-state index in [1.54, 1.807) is 0 Å². The molecule has 0 aliphatic heterocycles. The highest BCUT2D eigenvalue weighted by Crippen LogP contribution is 2.21. The first-order valence-corrected chi connectivity index (χ1v) is 9.68. The van der Waals surface area contributed by atoms with Crippen LogP contribution in [0.15, 0.2) is 39.6 Å². The maximum atomic E-state index is 12.5. The molecule has 0 aliphatic carbocycles. The monoisotopic (exact) mass is 416 g/mol. The van der Waals surface area contributed by atoms with Crippen molar-refractivity contribution in [2.24, 2.45) is 5.73 Å². The lowest BCUT2D eigenvalue weighted by Gasteiger charge is -2.14. The zero-order valence-electron chi connectivity index (χ0n) is 15.7. The molecule has 1 atom stereocenters. The molecule has 0 aliphatic rings. The smallest absolute Gasteiger partial charge is 0.373 e. The number of halogens is 1. The van der Waals surface area contributed by atoms with Gasteiger partial charge < -0.3 is 14.9 Å². The number of benzene rings is 1. The predicted molar refractivity (Wildman–Crippen MR) is 105 cm³/mol. The van der Waals surface area contributed by atoms with E-state index in [1.807, 2.05) is 24.3 Å². The Hall–Kier alpha value is -1.87.